The molecule has 1 N–H and O–H groups in total. The lowest BCUT2D eigenvalue weighted by molar-refractivity contribution is -0.113. The van der Waals surface area contributed by atoms with E-state index in [0.29, 0.717) is 17.9 Å². The Labute approximate surface area is 184 Å². The Morgan fingerprint density at radius 3 is 2.45 bits per heavy atom. The predicted octanol–water partition coefficient (Wildman–Crippen LogP) is 3.46. The minimum absolute atomic E-state index is 0.158. The van der Waals surface area contributed by atoms with Crippen LogP contribution in [0.15, 0.2) is 83.0 Å². The van der Waals surface area contributed by atoms with E-state index in [1.54, 1.807) is 22.6 Å². The first kappa shape index (κ1) is 20.7. The van der Waals surface area contributed by atoms with Gasteiger partial charge < -0.3 is 9.88 Å². The number of aromatic nitrogens is 4. The maximum atomic E-state index is 12.9. The molecule has 0 atom stereocenters. The van der Waals surface area contributed by atoms with Gasteiger partial charge in [-0.05, 0) is 24.6 Å². The van der Waals surface area contributed by atoms with Crippen LogP contribution in [0.3, 0.4) is 0 Å². The van der Waals surface area contributed by atoms with Gasteiger partial charge in [-0.15, -0.1) is 0 Å². The fraction of sp³-hybridized carbons (Fsp3) is 0.174. The summed E-state index contributed by atoms with van der Waals surface area (Å²) in [5, 5.41) is 3.55. The molecule has 2 aromatic carbocycles. The average molecular weight is 434 g/mol. The third-order valence-corrected chi connectivity index (χ3v) is 6.03. The first-order valence-electron chi connectivity index (χ1n) is 9.86. The Morgan fingerprint density at radius 1 is 1.06 bits per heavy atom. The van der Waals surface area contributed by atoms with Crippen molar-refractivity contribution in [2.45, 2.75) is 18.6 Å². The number of imidazole rings is 1. The summed E-state index contributed by atoms with van der Waals surface area (Å²) in [4.78, 5) is 29.9. The minimum atomic E-state index is -0.255. The SMILES string of the molecule is Cc1c(NC(=O)CSc2nccn2Cc2ccccc2)c(=O)n(-c2ccccc2)n1C. The van der Waals surface area contributed by atoms with Crippen molar-refractivity contribution in [3.63, 3.8) is 0 Å². The van der Waals surface area contributed by atoms with Crippen LogP contribution in [0, 0.1) is 6.92 Å². The average Bonchev–Trinajstić information content (AvgIpc) is 3.31. The van der Waals surface area contributed by atoms with Crippen LogP contribution in [0.25, 0.3) is 5.69 Å². The maximum Gasteiger partial charge on any atom is 0.295 e. The molecule has 7 nitrogen and oxygen atoms in total. The number of rotatable bonds is 7. The highest BCUT2D eigenvalue weighted by Crippen LogP contribution is 2.19. The number of para-hydroxylation sites is 1. The van der Waals surface area contributed by atoms with Crippen LogP contribution in [-0.4, -0.2) is 30.6 Å². The number of nitrogens with zero attached hydrogens (tertiary/aromatic N) is 4. The van der Waals surface area contributed by atoms with E-state index in [1.807, 2.05) is 66.2 Å². The van der Waals surface area contributed by atoms with Gasteiger partial charge in [0, 0.05) is 26.0 Å². The molecule has 0 unspecified atom stereocenters. The van der Waals surface area contributed by atoms with E-state index in [1.165, 1.54) is 11.8 Å². The second-order valence-corrected chi connectivity index (χ2v) is 8.04. The second kappa shape index (κ2) is 9.09. The van der Waals surface area contributed by atoms with Crippen LogP contribution < -0.4 is 10.9 Å². The lowest BCUT2D eigenvalue weighted by atomic mass is 10.2. The van der Waals surface area contributed by atoms with Crippen molar-refractivity contribution in [2.24, 2.45) is 7.05 Å². The predicted molar refractivity (Wildman–Crippen MR) is 123 cm³/mol. The normalized spacial score (nSPS) is 10.9. The third kappa shape index (κ3) is 4.49. The highest BCUT2D eigenvalue weighted by Gasteiger charge is 2.18. The van der Waals surface area contributed by atoms with Gasteiger partial charge in [-0.25, -0.2) is 9.67 Å². The van der Waals surface area contributed by atoms with Gasteiger partial charge in [0.05, 0.1) is 17.1 Å². The molecule has 0 radical (unpaired) electrons. The van der Waals surface area contributed by atoms with E-state index < -0.39 is 0 Å². The third-order valence-electron chi connectivity index (χ3n) is 5.02. The lowest BCUT2D eigenvalue weighted by Crippen LogP contribution is -2.23. The Morgan fingerprint density at radius 2 is 1.74 bits per heavy atom. The molecule has 1 amide bonds. The molecule has 2 aromatic heterocycles. The van der Waals surface area contributed by atoms with Crippen LogP contribution in [0.4, 0.5) is 5.69 Å². The number of thioether (sulfide) groups is 1. The minimum Gasteiger partial charge on any atom is -0.322 e. The molecule has 0 aliphatic carbocycles. The highest BCUT2D eigenvalue weighted by atomic mass is 32.2. The molecule has 2 heterocycles. The summed E-state index contributed by atoms with van der Waals surface area (Å²) < 4.78 is 5.29. The summed E-state index contributed by atoms with van der Waals surface area (Å²) in [5.41, 5.74) is 2.64. The van der Waals surface area contributed by atoms with Gasteiger partial charge in [-0.1, -0.05) is 60.3 Å². The topological polar surface area (TPSA) is 73.8 Å². The first-order valence-corrected chi connectivity index (χ1v) is 10.8. The molecule has 158 valence electrons. The number of amides is 1. The highest BCUT2D eigenvalue weighted by molar-refractivity contribution is 7.99. The summed E-state index contributed by atoms with van der Waals surface area (Å²) in [6, 6.07) is 19.4. The first-order chi connectivity index (χ1) is 15.0. The molecular formula is C23H23N5O2S. The molecule has 0 saturated carbocycles. The zero-order valence-electron chi connectivity index (χ0n) is 17.4. The van der Waals surface area contributed by atoms with Crippen molar-refractivity contribution in [3.8, 4) is 5.69 Å². The van der Waals surface area contributed by atoms with Gasteiger partial charge in [0.25, 0.3) is 5.56 Å². The van der Waals surface area contributed by atoms with Crippen molar-refractivity contribution in [1.29, 1.82) is 0 Å². The Bertz CT molecular complexity index is 1240. The summed E-state index contributed by atoms with van der Waals surface area (Å²) in [5.74, 6) is -0.0875. The summed E-state index contributed by atoms with van der Waals surface area (Å²) >= 11 is 1.34. The van der Waals surface area contributed by atoms with Crippen molar-refractivity contribution in [3.05, 3.63) is 94.7 Å². The van der Waals surface area contributed by atoms with Crippen molar-refractivity contribution in [1.82, 2.24) is 18.9 Å². The molecule has 31 heavy (non-hydrogen) atoms. The Balaban J connectivity index is 1.45. The van der Waals surface area contributed by atoms with Gasteiger partial charge >= 0.3 is 0 Å². The van der Waals surface area contributed by atoms with E-state index in [0.717, 1.165) is 16.4 Å². The lowest BCUT2D eigenvalue weighted by Gasteiger charge is -2.08. The molecule has 0 spiro atoms. The van der Waals surface area contributed by atoms with Crippen molar-refractivity contribution < 1.29 is 4.79 Å². The second-order valence-electron chi connectivity index (χ2n) is 7.10. The smallest absolute Gasteiger partial charge is 0.295 e. The van der Waals surface area contributed by atoms with E-state index >= 15 is 0 Å². The summed E-state index contributed by atoms with van der Waals surface area (Å²) in [6.07, 6.45) is 3.62. The molecule has 8 heteroatoms. The van der Waals surface area contributed by atoms with E-state index in [-0.39, 0.29) is 17.2 Å². The largest absolute Gasteiger partial charge is 0.322 e. The van der Waals surface area contributed by atoms with Gasteiger partial charge in [0.1, 0.15) is 5.69 Å². The monoisotopic (exact) mass is 433 g/mol. The molecule has 0 aliphatic rings. The van der Waals surface area contributed by atoms with E-state index in [2.05, 4.69) is 22.4 Å². The molecule has 0 saturated heterocycles. The summed E-state index contributed by atoms with van der Waals surface area (Å²) in [6.45, 7) is 2.50. The summed E-state index contributed by atoms with van der Waals surface area (Å²) in [7, 11) is 1.80. The number of hydrogen-bond donors (Lipinski definition) is 1. The number of carbonyl (C=O) groups excluding carboxylic acids is 1. The fourth-order valence-corrected chi connectivity index (χ4v) is 4.11. The van der Waals surface area contributed by atoms with E-state index in [4.69, 9.17) is 0 Å². The molecule has 0 bridgehead atoms. The standard InChI is InChI=1S/C23H23N5O2S/c1-17-21(22(30)28(26(17)2)19-11-7-4-8-12-19)25-20(29)16-31-23-24-13-14-27(23)15-18-9-5-3-6-10-18/h3-14H,15-16H2,1-2H3,(H,25,29). The molecule has 4 rings (SSSR count). The van der Waals surface area contributed by atoms with E-state index in [9.17, 15) is 9.59 Å². The molecule has 0 fully saturated rings. The van der Waals surface area contributed by atoms with Gasteiger partial charge in [0.2, 0.25) is 5.91 Å². The molecule has 0 aliphatic heterocycles. The number of nitrogens with one attached hydrogen (secondary N) is 1. The van der Waals surface area contributed by atoms with Crippen LogP contribution in [-0.2, 0) is 18.4 Å². The van der Waals surface area contributed by atoms with Gasteiger partial charge in [-0.2, -0.15) is 0 Å². The van der Waals surface area contributed by atoms with Gasteiger partial charge in [0.15, 0.2) is 5.16 Å². The Hall–Kier alpha value is -3.52. The zero-order chi connectivity index (χ0) is 21.8. The Kier molecular flexibility index (Phi) is 6.08. The van der Waals surface area contributed by atoms with Crippen LogP contribution in [0.2, 0.25) is 0 Å². The number of benzene rings is 2. The quantitative estimate of drug-likeness (QED) is 0.453. The van der Waals surface area contributed by atoms with Crippen LogP contribution in [0.1, 0.15) is 11.3 Å². The molecule has 4 aromatic rings. The number of anilines is 1. The zero-order valence-corrected chi connectivity index (χ0v) is 18.2. The number of hydrogen-bond acceptors (Lipinski definition) is 4. The molecular weight excluding hydrogens is 410 g/mol. The van der Waals surface area contributed by atoms with Crippen molar-refractivity contribution >= 4 is 23.4 Å². The maximum absolute atomic E-state index is 12.9. The van der Waals surface area contributed by atoms with Crippen LogP contribution in [0.5, 0.6) is 0 Å². The van der Waals surface area contributed by atoms with Gasteiger partial charge in [-0.3, -0.25) is 14.3 Å². The van der Waals surface area contributed by atoms with Crippen molar-refractivity contribution in [2.75, 3.05) is 11.1 Å². The van der Waals surface area contributed by atoms with Crippen LogP contribution >= 0.6 is 11.8 Å². The number of carbonyl (C=O) groups is 1. The fourth-order valence-electron chi connectivity index (χ4n) is 3.35.